The van der Waals surface area contributed by atoms with Crippen LogP contribution < -0.4 is 10.6 Å². The van der Waals surface area contributed by atoms with Crippen molar-refractivity contribution in [1.82, 2.24) is 15.1 Å². The lowest BCUT2D eigenvalue weighted by atomic mass is 10.00. The summed E-state index contributed by atoms with van der Waals surface area (Å²) in [6.07, 6.45) is 3.57. The number of nitro groups is 1. The number of nitrogens with zero attached hydrogens (tertiary/aromatic N) is 3. The Morgan fingerprint density at radius 3 is 2.95 bits per heavy atom. The Hall–Kier alpha value is -1.63. The van der Waals surface area contributed by atoms with Gasteiger partial charge in [0.15, 0.2) is 0 Å². The molecule has 1 aliphatic rings. The molecular weight excluding hydrogens is 258 g/mol. The predicted octanol–water partition coefficient (Wildman–Crippen LogP) is 1.83. The molecule has 7 heteroatoms. The van der Waals surface area contributed by atoms with Crippen LogP contribution >= 0.6 is 0 Å². The lowest BCUT2D eigenvalue weighted by Crippen LogP contribution is -2.46. The van der Waals surface area contributed by atoms with Crippen molar-refractivity contribution in [2.45, 2.75) is 51.6 Å². The molecule has 112 valence electrons. The number of nitrogens with one attached hydrogen (secondary N) is 2. The summed E-state index contributed by atoms with van der Waals surface area (Å²) in [6, 6.07) is 0.500. The third-order valence-electron chi connectivity index (χ3n) is 3.85. The van der Waals surface area contributed by atoms with Crippen molar-refractivity contribution < 1.29 is 4.92 Å². The highest BCUT2D eigenvalue weighted by Crippen LogP contribution is 2.30. The highest BCUT2D eigenvalue weighted by atomic mass is 16.6. The molecule has 2 heterocycles. The monoisotopic (exact) mass is 281 g/mol. The average Bonchev–Trinajstić information content (AvgIpc) is 2.69. The summed E-state index contributed by atoms with van der Waals surface area (Å²) in [7, 11) is 1.76. The van der Waals surface area contributed by atoms with Gasteiger partial charge in [-0.3, -0.25) is 10.1 Å². The smallest absolute Gasteiger partial charge is 0.334 e. The molecule has 1 aromatic heterocycles. The Kier molecular flexibility index (Phi) is 4.59. The van der Waals surface area contributed by atoms with E-state index in [2.05, 4.69) is 22.7 Å². The number of aromatic nitrogens is 2. The van der Waals surface area contributed by atoms with Crippen LogP contribution in [0.2, 0.25) is 0 Å². The summed E-state index contributed by atoms with van der Waals surface area (Å²) >= 11 is 0. The first kappa shape index (κ1) is 14.8. The zero-order chi connectivity index (χ0) is 14.7. The highest BCUT2D eigenvalue weighted by Gasteiger charge is 2.29. The maximum absolute atomic E-state index is 11.4. The second-order valence-corrected chi connectivity index (χ2v) is 5.41. The summed E-state index contributed by atoms with van der Waals surface area (Å²) in [6.45, 7) is 5.11. The van der Waals surface area contributed by atoms with Gasteiger partial charge in [-0.05, 0) is 32.7 Å². The zero-order valence-corrected chi connectivity index (χ0v) is 12.3. The quantitative estimate of drug-likeness (QED) is 0.635. The molecule has 2 unspecified atom stereocenters. The highest BCUT2D eigenvalue weighted by molar-refractivity contribution is 5.60. The van der Waals surface area contributed by atoms with E-state index in [-0.39, 0.29) is 16.7 Å². The van der Waals surface area contributed by atoms with Crippen molar-refractivity contribution in [3.05, 3.63) is 15.8 Å². The lowest BCUT2D eigenvalue weighted by molar-refractivity contribution is -0.384. The van der Waals surface area contributed by atoms with Crippen LogP contribution in [0.1, 0.15) is 38.8 Å². The fraction of sp³-hybridized carbons (Fsp3) is 0.769. The Morgan fingerprint density at radius 1 is 1.60 bits per heavy atom. The minimum Gasteiger partial charge on any atom is -0.360 e. The van der Waals surface area contributed by atoms with Gasteiger partial charge in [0, 0.05) is 19.1 Å². The Morgan fingerprint density at radius 2 is 2.35 bits per heavy atom. The molecule has 0 amide bonds. The van der Waals surface area contributed by atoms with Crippen LogP contribution in [0.5, 0.6) is 0 Å². The van der Waals surface area contributed by atoms with Gasteiger partial charge in [0.25, 0.3) is 0 Å². The minimum absolute atomic E-state index is 0.132. The van der Waals surface area contributed by atoms with Crippen LogP contribution in [0.3, 0.4) is 0 Å². The molecule has 1 aliphatic heterocycles. The number of hydrogen-bond acceptors (Lipinski definition) is 5. The maximum Gasteiger partial charge on any atom is 0.334 e. The normalized spacial score (nSPS) is 22.8. The van der Waals surface area contributed by atoms with Gasteiger partial charge < -0.3 is 10.6 Å². The number of hydrogen-bond donors (Lipinski definition) is 2. The first-order valence-electron chi connectivity index (χ1n) is 7.24. The van der Waals surface area contributed by atoms with E-state index in [1.54, 1.807) is 11.7 Å². The molecule has 0 spiro atoms. The van der Waals surface area contributed by atoms with E-state index in [1.807, 2.05) is 6.92 Å². The van der Waals surface area contributed by atoms with Gasteiger partial charge in [0.1, 0.15) is 5.69 Å². The van der Waals surface area contributed by atoms with Crippen LogP contribution in [0.4, 0.5) is 11.5 Å². The second kappa shape index (κ2) is 6.21. The van der Waals surface area contributed by atoms with Gasteiger partial charge in [0.2, 0.25) is 5.82 Å². The Labute approximate surface area is 118 Å². The summed E-state index contributed by atoms with van der Waals surface area (Å²) < 4.78 is 1.60. The van der Waals surface area contributed by atoms with Crippen molar-refractivity contribution in [2.24, 2.45) is 7.05 Å². The van der Waals surface area contributed by atoms with Crippen LogP contribution in [-0.4, -0.2) is 33.3 Å². The third-order valence-corrected chi connectivity index (χ3v) is 3.85. The van der Waals surface area contributed by atoms with E-state index in [0.717, 1.165) is 25.8 Å². The molecule has 1 saturated heterocycles. The molecule has 1 aromatic rings. The van der Waals surface area contributed by atoms with Crippen molar-refractivity contribution in [1.29, 1.82) is 0 Å². The molecule has 2 atom stereocenters. The maximum atomic E-state index is 11.4. The Bertz CT molecular complexity index is 485. The van der Waals surface area contributed by atoms with Crippen molar-refractivity contribution in [2.75, 3.05) is 11.9 Å². The minimum atomic E-state index is -0.318. The number of rotatable bonds is 5. The molecule has 1 fully saturated rings. The number of piperidine rings is 1. The SMILES string of the molecule is CCCc1nn(C)c(NC2CCCNC2C)c1[N+](=O)[O-]. The summed E-state index contributed by atoms with van der Waals surface area (Å²) in [4.78, 5) is 11.0. The van der Waals surface area contributed by atoms with Crippen molar-refractivity contribution >= 4 is 11.5 Å². The molecular formula is C13H23N5O2. The van der Waals surface area contributed by atoms with E-state index in [4.69, 9.17) is 0 Å². The topological polar surface area (TPSA) is 85.0 Å². The van der Waals surface area contributed by atoms with Gasteiger partial charge in [0.05, 0.1) is 4.92 Å². The molecule has 0 radical (unpaired) electrons. The number of anilines is 1. The summed E-state index contributed by atoms with van der Waals surface area (Å²) in [5.74, 6) is 0.527. The number of aryl methyl sites for hydroxylation is 2. The fourth-order valence-corrected chi connectivity index (χ4v) is 2.74. The van der Waals surface area contributed by atoms with Crippen LogP contribution in [0, 0.1) is 10.1 Å². The lowest BCUT2D eigenvalue weighted by Gasteiger charge is -2.30. The van der Waals surface area contributed by atoms with E-state index >= 15 is 0 Å². The molecule has 2 rings (SSSR count). The van der Waals surface area contributed by atoms with E-state index in [9.17, 15) is 10.1 Å². The van der Waals surface area contributed by atoms with E-state index in [0.29, 0.717) is 24.0 Å². The van der Waals surface area contributed by atoms with E-state index in [1.165, 1.54) is 0 Å². The van der Waals surface area contributed by atoms with Gasteiger partial charge in [-0.15, -0.1) is 0 Å². The van der Waals surface area contributed by atoms with Gasteiger partial charge in [-0.25, -0.2) is 4.68 Å². The Balaban J connectivity index is 2.27. The van der Waals surface area contributed by atoms with Gasteiger partial charge in [-0.1, -0.05) is 13.3 Å². The summed E-state index contributed by atoms with van der Waals surface area (Å²) in [5.41, 5.74) is 0.700. The van der Waals surface area contributed by atoms with Crippen LogP contribution in [-0.2, 0) is 13.5 Å². The predicted molar refractivity (Wildman–Crippen MR) is 78.0 cm³/mol. The molecule has 20 heavy (non-hydrogen) atoms. The van der Waals surface area contributed by atoms with Gasteiger partial charge in [-0.2, -0.15) is 5.10 Å². The first-order chi connectivity index (χ1) is 9.54. The fourth-order valence-electron chi connectivity index (χ4n) is 2.74. The standard InChI is InChI=1S/C13H23N5O2/c1-4-6-11-12(18(19)20)13(17(3)16-11)15-10-7-5-8-14-9(10)2/h9-10,14-15H,4-8H2,1-3H3. The zero-order valence-electron chi connectivity index (χ0n) is 12.3. The molecule has 0 aliphatic carbocycles. The van der Waals surface area contributed by atoms with Crippen LogP contribution in [0.25, 0.3) is 0 Å². The van der Waals surface area contributed by atoms with Crippen molar-refractivity contribution in [3.63, 3.8) is 0 Å². The van der Waals surface area contributed by atoms with Gasteiger partial charge >= 0.3 is 5.69 Å². The first-order valence-corrected chi connectivity index (χ1v) is 7.24. The van der Waals surface area contributed by atoms with E-state index < -0.39 is 0 Å². The summed E-state index contributed by atoms with van der Waals surface area (Å²) in [5, 5.41) is 22.4. The molecule has 7 nitrogen and oxygen atoms in total. The molecule has 0 saturated carbocycles. The molecule has 2 N–H and O–H groups in total. The third kappa shape index (κ3) is 2.92. The molecule has 0 bridgehead atoms. The molecule has 0 aromatic carbocycles. The average molecular weight is 281 g/mol. The van der Waals surface area contributed by atoms with Crippen LogP contribution in [0.15, 0.2) is 0 Å². The van der Waals surface area contributed by atoms with Crippen molar-refractivity contribution in [3.8, 4) is 0 Å². The largest absolute Gasteiger partial charge is 0.360 e. The second-order valence-electron chi connectivity index (χ2n) is 5.41.